The van der Waals surface area contributed by atoms with Crippen LogP contribution in [0.25, 0.3) is 0 Å². The molecule has 1 fully saturated rings. The molecular formula is C11H23N3O. The number of likely N-dealkylation sites (tertiary alicyclic amines) is 1. The number of amides is 2. The molecule has 1 unspecified atom stereocenters. The first-order valence-corrected chi connectivity index (χ1v) is 5.72. The molecular weight excluding hydrogens is 190 g/mol. The fourth-order valence-electron chi connectivity index (χ4n) is 2.05. The molecule has 1 heterocycles. The monoisotopic (exact) mass is 213 g/mol. The normalized spacial score (nSPS) is 21.1. The van der Waals surface area contributed by atoms with Crippen molar-refractivity contribution in [3.05, 3.63) is 0 Å². The summed E-state index contributed by atoms with van der Waals surface area (Å²) < 4.78 is 0. The molecule has 1 aliphatic rings. The van der Waals surface area contributed by atoms with Gasteiger partial charge in [-0.05, 0) is 33.9 Å². The van der Waals surface area contributed by atoms with E-state index in [0.717, 1.165) is 32.5 Å². The number of urea groups is 1. The Balaban J connectivity index is 2.55. The third-order valence-corrected chi connectivity index (χ3v) is 3.00. The third-order valence-electron chi connectivity index (χ3n) is 3.00. The second-order valence-corrected chi connectivity index (χ2v) is 4.55. The molecule has 4 nitrogen and oxygen atoms in total. The summed E-state index contributed by atoms with van der Waals surface area (Å²) >= 11 is 0. The summed E-state index contributed by atoms with van der Waals surface area (Å²) in [5, 5.41) is 0. The third kappa shape index (κ3) is 3.09. The van der Waals surface area contributed by atoms with Crippen molar-refractivity contribution in [3.63, 3.8) is 0 Å². The summed E-state index contributed by atoms with van der Waals surface area (Å²) in [6, 6.07) is 0.586. The molecule has 1 rings (SSSR count). The van der Waals surface area contributed by atoms with Crippen molar-refractivity contribution >= 4 is 6.03 Å². The maximum Gasteiger partial charge on any atom is 0.320 e. The highest BCUT2D eigenvalue weighted by Gasteiger charge is 2.30. The molecule has 4 heteroatoms. The Kier molecular flexibility index (Phi) is 4.39. The van der Waals surface area contributed by atoms with Gasteiger partial charge in [0.05, 0.1) is 0 Å². The van der Waals surface area contributed by atoms with Gasteiger partial charge < -0.3 is 14.7 Å². The average molecular weight is 213 g/mol. The minimum Gasteiger partial charge on any atom is -0.328 e. The van der Waals surface area contributed by atoms with Gasteiger partial charge in [-0.2, -0.15) is 0 Å². The van der Waals surface area contributed by atoms with Gasteiger partial charge in [-0.1, -0.05) is 0 Å². The Hall–Kier alpha value is -0.770. The molecule has 15 heavy (non-hydrogen) atoms. The van der Waals surface area contributed by atoms with E-state index in [1.165, 1.54) is 0 Å². The van der Waals surface area contributed by atoms with E-state index in [2.05, 4.69) is 19.0 Å². The second-order valence-electron chi connectivity index (χ2n) is 4.55. The first-order chi connectivity index (χ1) is 7.06. The molecule has 0 radical (unpaired) electrons. The van der Waals surface area contributed by atoms with Crippen molar-refractivity contribution < 1.29 is 4.79 Å². The molecule has 0 spiro atoms. The van der Waals surface area contributed by atoms with E-state index in [9.17, 15) is 4.79 Å². The second kappa shape index (κ2) is 5.35. The van der Waals surface area contributed by atoms with Gasteiger partial charge in [0.15, 0.2) is 0 Å². The molecule has 0 saturated carbocycles. The van der Waals surface area contributed by atoms with Crippen LogP contribution in [0.15, 0.2) is 0 Å². The van der Waals surface area contributed by atoms with Crippen LogP contribution in [-0.4, -0.2) is 67.5 Å². The maximum atomic E-state index is 12.0. The Bertz CT molecular complexity index is 218. The van der Waals surface area contributed by atoms with Gasteiger partial charge in [-0.25, -0.2) is 4.79 Å². The highest BCUT2D eigenvalue weighted by molar-refractivity contribution is 5.74. The topological polar surface area (TPSA) is 26.8 Å². The van der Waals surface area contributed by atoms with Crippen LogP contribution in [0.2, 0.25) is 0 Å². The van der Waals surface area contributed by atoms with Gasteiger partial charge in [0.25, 0.3) is 0 Å². The smallest absolute Gasteiger partial charge is 0.320 e. The van der Waals surface area contributed by atoms with Gasteiger partial charge in [0, 0.05) is 32.7 Å². The van der Waals surface area contributed by atoms with E-state index >= 15 is 0 Å². The molecule has 1 saturated heterocycles. The van der Waals surface area contributed by atoms with E-state index < -0.39 is 0 Å². The van der Waals surface area contributed by atoms with Crippen LogP contribution in [-0.2, 0) is 0 Å². The lowest BCUT2D eigenvalue weighted by molar-refractivity contribution is 0.151. The molecule has 0 aliphatic carbocycles. The SMILES string of the molecule is CCN(C)C(=O)N1CCCC1CN(C)C. The summed E-state index contributed by atoms with van der Waals surface area (Å²) in [5.41, 5.74) is 0. The van der Waals surface area contributed by atoms with Crippen LogP contribution in [0.3, 0.4) is 0 Å². The number of likely N-dealkylation sites (N-methyl/N-ethyl adjacent to an activating group) is 1. The Morgan fingerprint density at radius 3 is 2.60 bits per heavy atom. The lowest BCUT2D eigenvalue weighted by Crippen LogP contribution is -2.46. The quantitative estimate of drug-likeness (QED) is 0.701. The van der Waals surface area contributed by atoms with E-state index in [1.807, 2.05) is 18.9 Å². The van der Waals surface area contributed by atoms with E-state index in [0.29, 0.717) is 6.04 Å². The predicted molar refractivity (Wildman–Crippen MR) is 62.0 cm³/mol. The Morgan fingerprint density at radius 2 is 2.07 bits per heavy atom. The van der Waals surface area contributed by atoms with E-state index in [1.54, 1.807) is 4.90 Å². The first-order valence-electron chi connectivity index (χ1n) is 5.72. The van der Waals surface area contributed by atoms with Crippen LogP contribution in [0.4, 0.5) is 4.79 Å². The van der Waals surface area contributed by atoms with Crippen molar-refractivity contribution in [1.82, 2.24) is 14.7 Å². The molecule has 2 amide bonds. The minimum atomic E-state index is 0.182. The zero-order valence-corrected chi connectivity index (χ0v) is 10.4. The molecule has 0 aromatic rings. The number of nitrogens with zero attached hydrogens (tertiary/aromatic N) is 3. The lowest BCUT2D eigenvalue weighted by atomic mass is 10.2. The molecule has 88 valence electrons. The predicted octanol–water partition coefficient (Wildman–Crippen LogP) is 1.08. The zero-order chi connectivity index (χ0) is 11.4. The van der Waals surface area contributed by atoms with Crippen molar-refractivity contribution in [2.45, 2.75) is 25.8 Å². The fourth-order valence-corrected chi connectivity index (χ4v) is 2.05. The molecule has 0 bridgehead atoms. The first kappa shape index (κ1) is 12.3. The summed E-state index contributed by atoms with van der Waals surface area (Å²) in [6.45, 7) is 4.68. The summed E-state index contributed by atoms with van der Waals surface area (Å²) in [6.07, 6.45) is 2.28. The lowest BCUT2D eigenvalue weighted by Gasteiger charge is -2.30. The van der Waals surface area contributed by atoms with Crippen molar-refractivity contribution in [2.75, 3.05) is 40.8 Å². The number of hydrogen-bond acceptors (Lipinski definition) is 2. The molecule has 1 aliphatic heterocycles. The van der Waals surface area contributed by atoms with Gasteiger partial charge in [0.1, 0.15) is 0 Å². The van der Waals surface area contributed by atoms with Gasteiger partial charge in [0.2, 0.25) is 0 Å². The van der Waals surface area contributed by atoms with Crippen molar-refractivity contribution in [1.29, 1.82) is 0 Å². The maximum absolute atomic E-state index is 12.0. The number of rotatable bonds is 3. The van der Waals surface area contributed by atoms with Crippen LogP contribution in [0, 0.1) is 0 Å². The zero-order valence-electron chi connectivity index (χ0n) is 10.4. The molecule has 1 atom stereocenters. The Labute approximate surface area is 92.8 Å². The molecule has 0 aromatic carbocycles. The van der Waals surface area contributed by atoms with Crippen LogP contribution in [0.1, 0.15) is 19.8 Å². The summed E-state index contributed by atoms with van der Waals surface area (Å²) in [5.74, 6) is 0. The highest BCUT2D eigenvalue weighted by atomic mass is 16.2. The average Bonchev–Trinajstić information content (AvgIpc) is 2.62. The van der Waals surface area contributed by atoms with Gasteiger partial charge >= 0.3 is 6.03 Å². The van der Waals surface area contributed by atoms with E-state index in [-0.39, 0.29) is 6.03 Å². The molecule has 0 aromatic heterocycles. The van der Waals surface area contributed by atoms with Crippen LogP contribution >= 0.6 is 0 Å². The number of carbonyl (C=O) groups excluding carboxylic acids is 1. The highest BCUT2D eigenvalue weighted by Crippen LogP contribution is 2.19. The van der Waals surface area contributed by atoms with Crippen LogP contribution in [0.5, 0.6) is 0 Å². The van der Waals surface area contributed by atoms with Crippen molar-refractivity contribution in [2.24, 2.45) is 0 Å². The fraction of sp³-hybridized carbons (Fsp3) is 0.909. The Morgan fingerprint density at radius 1 is 1.40 bits per heavy atom. The summed E-state index contributed by atoms with van der Waals surface area (Å²) in [7, 11) is 5.99. The van der Waals surface area contributed by atoms with E-state index in [4.69, 9.17) is 0 Å². The van der Waals surface area contributed by atoms with Gasteiger partial charge in [-0.3, -0.25) is 0 Å². The minimum absolute atomic E-state index is 0.182. The molecule has 0 N–H and O–H groups in total. The largest absolute Gasteiger partial charge is 0.328 e. The standard InChI is InChI=1S/C11H23N3O/c1-5-13(4)11(15)14-8-6-7-10(14)9-12(2)3/h10H,5-9H2,1-4H3. The van der Waals surface area contributed by atoms with Gasteiger partial charge in [-0.15, -0.1) is 0 Å². The number of hydrogen-bond donors (Lipinski definition) is 0. The number of carbonyl (C=O) groups is 1. The van der Waals surface area contributed by atoms with Crippen molar-refractivity contribution in [3.8, 4) is 0 Å². The van der Waals surface area contributed by atoms with Crippen LogP contribution < -0.4 is 0 Å². The summed E-state index contributed by atoms with van der Waals surface area (Å²) in [4.78, 5) is 18.0.